The lowest BCUT2D eigenvalue weighted by atomic mass is 10.3. The molecule has 1 heterocycles. The Morgan fingerprint density at radius 2 is 2.00 bits per heavy atom. The third-order valence-corrected chi connectivity index (χ3v) is 3.90. The Bertz CT molecular complexity index is 453. The zero-order valence-electron chi connectivity index (χ0n) is 9.23. The van der Waals surface area contributed by atoms with Crippen LogP contribution in [0, 0.1) is 0 Å². The summed E-state index contributed by atoms with van der Waals surface area (Å²) < 4.78 is 10.8. The lowest BCUT2D eigenvalue weighted by molar-refractivity contribution is -0.117. The lowest BCUT2D eigenvalue weighted by Crippen LogP contribution is -2.22. The molecule has 1 aliphatic rings. The molecule has 17 heavy (non-hydrogen) atoms. The van der Waals surface area contributed by atoms with Crippen molar-refractivity contribution < 1.29 is 14.3 Å². The van der Waals surface area contributed by atoms with Crippen LogP contribution in [-0.4, -0.2) is 24.4 Å². The van der Waals surface area contributed by atoms with E-state index in [1.54, 1.807) is 19.1 Å². The molecule has 0 spiro atoms. The van der Waals surface area contributed by atoms with E-state index >= 15 is 0 Å². The van der Waals surface area contributed by atoms with Gasteiger partial charge in [-0.1, -0.05) is 11.6 Å². The number of carbonyl (C=O) groups excluding carboxylic acids is 1. The molecule has 0 bridgehead atoms. The molecule has 0 aliphatic carbocycles. The number of hydrogen-bond acceptors (Lipinski definition) is 4. The zero-order chi connectivity index (χ0) is 12.4. The average Bonchev–Trinajstić information content (AvgIpc) is 2.29. The third kappa shape index (κ3) is 2.79. The Morgan fingerprint density at radius 3 is 2.59 bits per heavy atom. The van der Waals surface area contributed by atoms with Gasteiger partial charge in [0, 0.05) is 11.0 Å². The highest BCUT2D eigenvalue weighted by Gasteiger charge is 2.18. The maximum atomic E-state index is 11.0. The zero-order valence-corrected chi connectivity index (χ0v) is 10.8. The van der Waals surface area contributed by atoms with E-state index in [1.165, 1.54) is 11.8 Å². The molecular weight excluding hydrogens is 262 g/mol. The molecule has 0 fully saturated rings. The molecule has 1 aliphatic heterocycles. The number of primary amides is 1. The summed E-state index contributed by atoms with van der Waals surface area (Å²) >= 11 is 7.41. The third-order valence-electron chi connectivity index (χ3n) is 2.30. The van der Waals surface area contributed by atoms with Crippen LogP contribution in [0.3, 0.4) is 0 Å². The van der Waals surface area contributed by atoms with Gasteiger partial charge in [0.25, 0.3) is 0 Å². The first kappa shape index (κ1) is 12.4. The minimum absolute atomic E-state index is 0.338. The summed E-state index contributed by atoms with van der Waals surface area (Å²) in [6.07, 6.45) is 0. The quantitative estimate of drug-likeness (QED) is 0.857. The SMILES string of the molecule is C[C@H](Sc1cc2c(cc1Cl)OCCO2)C(N)=O. The smallest absolute Gasteiger partial charge is 0.230 e. The van der Waals surface area contributed by atoms with Gasteiger partial charge >= 0.3 is 0 Å². The predicted octanol–water partition coefficient (Wildman–Crippen LogP) is 2.08. The number of thioether (sulfide) groups is 1. The Labute approximate surface area is 108 Å². The minimum atomic E-state index is -0.374. The molecular formula is C11H12ClNO3S. The van der Waals surface area contributed by atoms with Crippen LogP contribution in [0.15, 0.2) is 17.0 Å². The summed E-state index contributed by atoms with van der Waals surface area (Å²) in [6.45, 7) is 2.78. The van der Waals surface area contributed by atoms with Gasteiger partial charge in [-0.2, -0.15) is 0 Å². The number of ether oxygens (including phenoxy) is 2. The van der Waals surface area contributed by atoms with Gasteiger partial charge in [-0.15, -0.1) is 11.8 Å². The van der Waals surface area contributed by atoms with Gasteiger partial charge in [-0.3, -0.25) is 4.79 Å². The Morgan fingerprint density at radius 1 is 1.41 bits per heavy atom. The molecule has 1 atom stereocenters. The topological polar surface area (TPSA) is 61.6 Å². The van der Waals surface area contributed by atoms with Crippen molar-refractivity contribution in [2.75, 3.05) is 13.2 Å². The van der Waals surface area contributed by atoms with Crippen molar-refractivity contribution in [3.05, 3.63) is 17.2 Å². The molecule has 92 valence electrons. The summed E-state index contributed by atoms with van der Waals surface area (Å²) in [5, 5.41) is 0.197. The van der Waals surface area contributed by atoms with Crippen molar-refractivity contribution in [1.82, 2.24) is 0 Å². The Hall–Kier alpha value is -1.07. The van der Waals surface area contributed by atoms with E-state index in [9.17, 15) is 4.79 Å². The molecule has 0 radical (unpaired) electrons. The molecule has 2 N–H and O–H groups in total. The highest BCUT2D eigenvalue weighted by Crippen LogP contribution is 2.40. The van der Waals surface area contributed by atoms with Crippen LogP contribution < -0.4 is 15.2 Å². The summed E-state index contributed by atoms with van der Waals surface area (Å²) in [5.74, 6) is 0.915. The standard InChI is InChI=1S/C11H12ClNO3S/c1-6(11(13)14)17-10-5-9-8(4-7(10)12)15-2-3-16-9/h4-6H,2-3H2,1H3,(H2,13,14)/t6-/m0/s1. The van der Waals surface area contributed by atoms with Crippen LogP contribution in [-0.2, 0) is 4.79 Å². The number of carbonyl (C=O) groups is 1. The van der Waals surface area contributed by atoms with Crippen LogP contribution in [0.4, 0.5) is 0 Å². The maximum absolute atomic E-state index is 11.0. The van der Waals surface area contributed by atoms with E-state index in [0.717, 1.165) is 4.90 Å². The molecule has 0 aromatic heterocycles. The summed E-state index contributed by atoms with van der Waals surface area (Å²) in [4.78, 5) is 11.8. The second-order valence-corrected chi connectivity index (χ2v) is 5.38. The number of fused-ring (bicyclic) bond motifs is 1. The van der Waals surface area contributed by atoms with Gasteiger partial charge in [-0.05, 0) is 13.0 Å². The van der Waals surface area contributed by atoms with Gasteiger partial charge in [0.1, 0.15) is 13.2 Å². The summed E-state index contributed by atoms with van der Waals surface area (Å²) in [6, 6.07) is 3.48. The molecule has 2 rings (SSSR count). The monoisotopic (exact) mass is 273 g/mol. The van der Waals surface area contributed by atoms with Gasteiger partial charge < -0.3 is 15.2 Å². The molecule has 0 saturated carbocycles. The first-order valence-corrected chi connectivity index (χ1v) is 6.39. The molecule has 0 unspecified atom stereocenters. The normalized spacial score (nSPS) is 15.4. The fourth-order valence-corrected chi connectivity index (χ4v) is 2.52. The van der Waals surface area contributed by atoms with Gasteiger partial charge in [0.15, 0.2) is 11.5 Å². The van der Waals surface area contributed by atoms with Crippen molar-refractivity contribution in [2.24, 2.45) is 5.73 Å². The van der Waals surface area contributed by atoms with E-state index < -0.39 is 0 Å². The first-order chi connectivity index (χ1) is 8.08. The van der Waals surface area contributed by atoms with E-state index in [1.807, 2.05) is 0 Å². The average molecular weight is 274 g/mol. The number of amides is 1. The Balaban J connectivity index is 2.25. The van der Waals surface area contributed by atoms with Crippen molar-refractivity contribution in [2.45, 2.75) is 17.1 Å². The number of nitrogens with two attached hydrogens (primary N) is 1. The molecule has 1 amide bonds. The molecule has 4 nitrogen and oxygen atoms in total. The number of benzene rings is 1. The highest BCUT2D eigenvalue weighted by molar-refractivity contribution is 8.00. The second-order valence-electron chi connectivity index (χ2n) is 3.59. The van der Waals surface area contributed by atoms with Gasteiger partial charge in [0.05, 0.1) is 10.3 Å². The minimum Gasteiger partial charge on any atom is -0.486 e. The van der Waals surface area contributed by atoms with Crippen LogP contribution in [0.1, 0.15) is 6.92 Å². The van der Waals surface area contributed by atoms with E-state index in [2.05, 4.69) is 0 Å². The van der Waals surface area contributed by atoms with Crippen molar-refractivity contribution in [3.63, 3.8) is 0 Å². The van der Waals surface area contributed by atoms with Crippen molar-refractivity contribution in [3.8, 4) is 11.5 Å². The molecule has 6 heteroatoms. The van der Waals surface area contributed by atoms with Gasteiger partial charge in [0.2, 0.25) is 5.91 Å². The lowest BCUT2D eigenvalue weighted by Gasteiger charge is -2.20. The van der Waals surface area contributed by atoms with Crippen LogP contribution >= 0.6 is 23.4 Å². The summed E-state index contributed by atoms with van der Waals surface area (Å²) in [5.41, 5.74) is 5.21. The molecule has 0 saturated heterocycles. The fraction of sp³-hybridized carbons (Fsp3) is 0.364. The Kier molecular flexibility index (Phi) is 3.69. The highest BCUT2D eigenvalue weighted by atomic mass is 35.5. The number of halogens is 1. The second kappa shape index (κ2) is 5.06. The van der Waals surface area contributed by atoms with Crippen LogP contribution in [0.5, 0.6) is 11.5 Å². The van der Waals surface area contributed by atoms with Crippen LogP contribution in [0.25, 0.3) is 0 Å². The summed E-state index contributed by atoms with van der Waals surface area (Å²) in [7, 11) is 0. The number of rotatable bonds is 3. The first-order valence-electron chi connectivity index (χ1n) is 5.13. The van der Waals surface area contributed by atoms with E-state index in [4.69, 9.17) is 26.8 Å². The predicted molar refractivity (Wildman–Crippen MR) is 67.0 cm³/mol. The number of hydrogen-bond donors (Lipinski definition) is 1. The van der Waals surface area contributed by atoms with Crippen LogP contribution in [0.2, 0.25) is 5.02 Å². The maximum Gasteiger partial charge on any atom is 0.230 e. The van der Waals surface area contributed by atoms with Crippen molar-refractivity contribution in [1.29, 1.82) is 0 Å². The van der Waals surface area contributed by atoms with Crippen molar-refractivity contribution >= 4 is 29.3 Å². The van der Waals surface area contributed by atoms with E-state index in [0.29, 0.717) is 29.7 Å². The molecule has 1 aromatic rings. The van der Waals surface area contributed by atoms with E-state index in [-0.39, 0.29) is 11.2 Å². The fourth-order valence-electron chi connectivity index (χ4n) is 1.38. The molecule has 1 aromatic carbocycles. The van der Waals surface area contributed by atoms with Gasteiger partial charge in [-0.25, -0.2) is 0 Å². The largest absolute Gasteiger partial charge is 0.486 e.